The first kappa shape index (κ1) is 9.86. The molecule has 13 heavy (non-hydrogen) atoms. The Morgan fingerprint density at radius 2 is 1.38 bits per heavy atom. The van der Waals surface area contributed by atoms with Gasteiger partial charge in [0.2, 0.25) is 0 Å². The first-order valence-corrected chi connectivity index (χ1v) is 4.31. The fourth-order valence-electron chi connectivity index (χ4n) is 0.992. The Morgan fingerprint density at radius 3 is 1.77 bits per heavy atom. The fourth-order valence-corrected chi connectivity index (χ4v) is 0.992. The van der Waals surface area contributed by atoms with E-state index in [1.807, 2.05) is 38.4 Å². The highest BCUT2D eigenvalue weighted by Crippen LogP contribution is 2.28. The summed E-state index contributed by atoms with van der Waals surface area (Å²) < 4.78 is 10.6. The van der Waals surface area contributed by atoms with Crippen molar-refractivity contribution in [3.05, 3.63) is 24.3 Å². The molecule has 0 unspecified atom stereocenters. The van der Waals surface area contributed by atoms with E-state index in [1.54, 1.807) is 0 Å². The maximum Gasteiger partial charge on any atom is 0.161 e. The molecule has 1 aromatic rings. The minimum Gasteiger partial charge on any atom is -0.486 e. The smallest absolute Gasteiger partial charge is 0.161 e. The molecular weight excluding hydrogens is 166 g/mol. The minimum absolute atomic E-state index is 0.664. The van der Waals surface area contributed by atoms with E-state index in [1.165, 1.54) is 0 Å². The second-order valence-corrected chi connectivity index (χ2v) is 2.64. The van der Waals surface area contributed by atoms with Crippen LogP contribution in [0.15, 0.2) is 24.3 Å². The average Bonchev–Trinajstić information content (AvgIpc) is 2.19. The van der Waals surface area contributed by atoms with Gasteiger partial charge in [0.25, 0.3) is 0 Å². The van der Waals surface area contributed by atoms with Gasteiger partial charge in [-0.15, -0.1) is 0 Å². The lowest BCUT2D eigenvalue weighted by Crippen LogP contribution is -2.14. The number of hydrogen-bond acceptors (Lipinski definition) is 3. The molecule has 1 aromatic carbocycles. The maximum atomic E-state index is 5.30. The average molecular weight is 181 g/mol. The number of rotatable bonds is 0. The molecule has 0 aliphatic carbocycles. The summed E-state index contributed by atoms with van der Waals surface area (Å²) in [4.78, 5) is 0. The molecule has 0 saturated carbocycles. The summed E-state index contributed by atoms with van der Waals surface area (Å²) >= 11 is 0. The predicted molar refractivity (Wildman–Crippen MR) is 52.4 cm³/mol. The van der Waals surface area contributed by atoms with Gasteiger partial charge in [-0.05, 0) is 26.2 Å². The standard InChI is InChI=1S/C8H8O2.C2H7N/c1-2-4-8-7(3-1)9-5-6-10-8;1-3-2/h1-4H,5-6H2;3H,1-2H3. The van der Waals surface area contributed by atoms with E-state index in [0.29, 0.717) is 13.2 Å². The topological polar surface area (TPSA) is 30.5 Å². The van der Waals surface area contributed by atoms with Crippen LogP contribution in [0.3, 0.4) is 0 Å². The zero-order valence-corrected chi connectivity index (χ0v) is 8.04. The molecule has 72 valence electrons. The van der Waals surface area contributed by atoms with Gasteiger partial charge in [-0.25, -0.2) is 0 Å². The van der Waals surface area contributed by atoms with Gasteiger partial charge in [0.1, 0.15) is 13.2 Å². The molecule has 1 aliphatic heterocycles. The monoisotopic (exact) mass is 181 g/mol. The van der Waals surface area contributed by atoms with Crippen molar-refractivity contribution in [2.24, 2.45) is 0 Å². The van der Waals surface area contributed by atoms with E-state index >= 15 is 0 Å². The van der Waals surface area contributed by atoms with Crippen molar-refractivity contribution in [2.45, 2.75) is 0 Å². The second-order valence-electron chi connectivity index (χ2n) is 2.64. The van der Waals surface area contributed by atoms with Gasteiger partial charge < -0.3 is 14.8 Å². The fraction of sp³-hybridized carbons (Fsp3) is 0.400. The number of ether oxygens (including phenoxy) is 2. The third-order valence-electron chi connectivity index (χ3n) is 1.45. The molecule has 0 bridgehead atoms. The van der Waals surface area contributed by atoms with Gasteiger partial charge in [-0.2, -0.15) is 0 Å². The molecule has 0 saturated heterocycles. The Hall–Kier alpha value is -1.22. The number of fused-ring (bicyclic) bond motifs is 1. The van der Waals surface area contributed by atoms with Crippen molar-refractivity contribution in [1.29, 1.82) is 0 Å². The number of para-hydroxylation sites is 2. The van der Waals surface area contributed by atoms with Crippen LogP contribution in [0.4, 0.5) is 0 Å². The highest BCUT2D eigenvalue weighted by molar-refractivity contribution is 5.40. The van der Waals surface area contributed by atoms with Crippen molar-refractivity contribution >= 4 is 0 Å². The van der Waals surface area contributed by atoms with Crippen LogP contribution >= 0.6 is 0 Å². The number of nitrogens with one attached hydrogen (secondary N) is 1. The van der Waals surface area contributed by atoms with E-state index in [-0.39, 0.29) is 0 Å². The second kappa shape index (κ2) is 5.43. The zero-order chi connectivity index (χ0) is 9.52. The quantitative estimate of drug-likeness (QED) is 0.654. The number of hydrogen-bond donors (Lipinski definition) is 1. The largest absolute Gasteiger partial charge is 0.486 e. The summed E-state index contributed by atoms with van der Waals surface area (Å²) in [7, 11) is 3.75. The van der Waals surface area contributed by atoms with Crippen LogP contribution in [0.1, 0.15) is 0 Å². The van der Waals surface area contributed by atoms with E-state index in [2.05, 4.69) is 5.32 Å². The summed E-state index contributed by atoms with van der Waals surface area (Å²) in [6.45, 7) is 1.33. The molecule has 0 atom stereocenters. The van der Waals surface area contributed by atoms with Crippen LogP contribution in [0.25, 0.3) is 0 Å². The van der Waals surface area contributed by atoms with Crippen molar-refractivity contribution in [2.75, 3.05) is 27.3 Å². The summed E-state index contributed by atoms with van der Waals surface area (Å²) in [5.41, 5.74) is 0. The molecule has 1 aliphatic rings. The highest BCUT2D eigenvalue weighted by atomic mass is 16.6. The first-order chi connectivity index (χ1) is 6.38. The van der Waals surface area contributed by atoms with Gasteiger partial charge in [0.15, 0.2) is 11.5 Å². The molecule has 3 nitrogen and oxygen atoms in total. The molecule has 1 heterocycles. The van der Waals surface area contributed by atoms with Gasteiger partial charge >= 0.3 is 0 Å². The molecule has 0 aromatic heterocycles. The first-order valence-electron chi connectivity index (χ1n) is 4.31. The summed E-state index contributed by atoms with van der Waals surface area (Å²) in [5, 5.41) is 2.75. The van der Waals surface area contributed by atoms with E-state index in [4.69, 9.17) is 9.47 Å². The van der Waals surface area contributed by atoms with Crippen LogP contribution in [-0.4, -0.2) is 27.3 Å². The van der Waals surface area contributed by atoms with E-state index in [9.17, 15) is 0 Å². The van der Waals surface area contributed by atoms with Crippen molar-refractivity contribution in [1.82, 2.24) is 5.32 Å². The Balaban J connectivity index is 0.000000251. The van der Waals surface area contributed by atoms with E-state index in [0.717, 1.165) is 11.5 Å². The molecular formula is C10H15NO2. The normalized spacial score (nSPS) is 12.8. The summed E-state index contributed by atoms with van der Waals surface area (Å²) in [5.74, 6) is 1.71. The van der Waals surface area contributed by atoms with Crippen LogP contribution in [0.5, 0.6) is 11.5 Å². The van der Waals surface area contributed by atoms with Gasteiger partial charge in [0.05, 0.1) is 0 Å². The predicted octanol–water partition coefficient (Wildman–Crippen LogP) is 1.29. The SMILES string of the molecule is CNC.c1ccc2c(c1)OCCO2. The third kappa shape index (κ3) is 2.95. The molecule has 1 N–H and O–H groups in total. The third-order valence-corrected chi connectivity index (χ3v) is 1.45. The molecule has 0 amide bonds. The number of benzene rings is 1. The van der Waals surface area contributed by atoms with Crippen LogP contribution < -0.4 is 14.8 Å². The zero-order valence-electron chi connectivity index (χ0n) is 8.04. The Bertz CT molecular complexity index is 225. The van der Waals surface area contributed by atoms with E-state index < -0.39 is 0 Å². The Kier molecular flexibility index (Phi) is 4.12. The minimum atomic E-state index is 0.664. The van der Waals surface area contributed by atoms with Crippen molar-refractivity contribution < 1.29 is 9.47 Å². The maximum absolute atomic E-state index is 5.30. The van der Waals surface area contributed by atoms with Gasteiger partial charge in [0, 0.05) is 0 Å². The molecule has 0 fully saturated rings. The van der Waals surface area contributed by atoms with Gasteiger partial charge in [-0.3, -0.25) is 0 Å². The Morgan fingerprint density at radius 1 is 1.00 bits per heavy atom. The summed E-state index contributed by atoms with van der Waals surface area (Å²) in [6, 6.07) is 7.70. The van der Waals surface area contributed by atoms with Gasteiger partial charge in [-0.1, -0.05) is 12.1 Å². The highest BCUT2D eigenvalue weighted by Gasteiger charge is 2.07. The van der Waals surface area contributed by atoms with Crippen LogP contribution in [0, 0.1) is 0 Å². The lowest BCUT2D eigenvalue weighted by atomic mass is 10.3. The molecule has 0 spiro atoms. The lowest BCUT2D eigenvalue weighted by molar-refractivity contribution is 0.171. The lowest BCUT2D eigenvalue weighted by Gasteiger charge is -2.17. The molecule has 3 heteroatoms. The Labute approximate surface area is 78.7 Å². The van der Waals surface area contributed by atoms with Crippen LogP contribution in [-0.2, 0) is 0 Å². The van der Waals surface area contributed by atoms with Crippen molar-refractivity contribution in [3.63, 3.8) is 0 Å². The molecule has 0 radical (unpaired) electrons. The summed E-state index contributed by atoms with van der Waals surface area (Å²) in [6.07, 6.45) is 0. The molecule has 2 rings (SSSR count). The van der Waals surface area contributed by atoms with Crippen molar-refractivity contribution in [3.8, 4) is 11.5 Å². The van der Waals surface area contributed by atoms with Crippen LogP contribution in [0.2, 0.25) is 0 Å².